The van der Waals surface area contributed by atoms with Gasteiger partial charge < -0.3 is 14.5 Å². The van der Waals surface area contributed by atoms with Gasteiger partial charge in [-0.3, -0.25) is 0 Å². The van der Waals surface area contributed by atoms with Gasteiger partial charge in [-0.15, -0.1) is 0 Å². The highest BCUT2D eigenvalue weighted by molar-refractivity contribution is 5.69. The van der Waals surface area contributed by atoms with Crippen molar-refractivity contribution in [1.29, 1.82) is 0 Å². The van der Waals surface area contributed by atoms with E-state index >= 15 is 0 Å². The fourth-order valence-corrected chi connectivity index (χ4v) is 3.30. The molecule has 2 aliphatic heterocycles. The second kappa shape index (κ2) is 6.07. The maximum absolute atomic E-state index is 12.9. The molecule has 8 heteroatoms. The Morgan fingerprint density at radius 2 is 2.00 bits per heavy atom. The first kappa shape index (κ1) is 17.8. The molecule has 3 heterocycles. The third-order valence-electron chi connectivity index (χ3n) is 4.42. The van der Waals surface area contributed by atoms with Crippen LogP contribution in [0.5, 0.6) is 0 Å². The number of fused-ring (bicyclic) bond motifs is 3. The van der Waals surface area contributed by atoms with Crippen LogP contribution in [0, 0.1) is 0 Å². The standard InChI is InChI=1S/C17H22F3N3O2/c1-16(2,3)25-15(24)22-6-7-23-13(10-22)5-4-11-8-12(17(18,19)20)9-21-14(11)23/h8-9,13H,4-7,10H2,1-3H3/t13-/m1/s1. The van der Waals surface area contributed by atoms with E-state index in [0.29, 0.717) is 43.9 Å². The van der Waals surface area contributed by atoms with Gasteiger partial charge in [0.2, 0.25) is 0 Å². The molecule has 0 saturated carbocycles. The fraction of sp³-hybridized carbons (Fsp3) is 0.647. The van der Waals surface area contributed by atoms with Crippen LogP contribution in [0.1, 0.15) is 38.3 Å². The van der Waals surface area contributed by atoms with E-state index in [4.69, 9.17) is 4.74 Å². The van der Waals surface area contributed by atoms with Crippen LogP contribution < -0.4 is 4.90 Å². The highest BCUT2D eigenvalue weighted by Gasteiger charge is 2.37. The molecule has 1 amide bonds. The van der Waals surface area contributed by atoms with Crippen LogP contribution in [0.15, 0.2) is 12.3 Å². The maximum atomic E-state index is 12.9. The quantitative estimate of drug-likeness (QED) is 0.713. The van der Waals surface area contributed by atoms with Gasteiger partial charge >= 0.3 is 12.3 Å². The first-order valence-electron chi connectivity index (χ1n) is 8.35. The number of pyridine rings is 1. The zero-order valence-electron chi connectivity index (χ0n) is 14.6. The van der Waals surface area contributed by atoms with Crippen molar-refractivity contribution in [2.24, 2.45) is 0 Å². The van der Waals surface area contributed by atoms with E-state index in [2.05, 4.69) is 4.98 Å². The summed E-state index contributed by atoms with van der Waals surface area (Å²) in [4.78, 5) is 20.0. The third-order valence-corrected chi connectivity index (χ3v) is 4.42. The first-order valence-corrected chi connectivity index (χ1v) is 8.35. The molecule has 1 aromatic rings. The normalized spacial score (nSPS) is 20.8. The van der Waals surface area contributed by atoms with Gasteiger partial charge in [-0.1, -0.05) is 0 Å². The lowest BCUT2D eigenvalue weighted by Gasteiger charge is -2.45. The number of piperazine rings is 1. The van der Waals surface area contributed by atoms with Crippen molar-refractivity contribution >= 4 is 11.9 Å². The zero-order chi connectivity index (χ0) is 18.4. The number of halogens is 3. The Morgan fingerprint density at radius 1 is 1.28 bits per heavy atom. The van der Waals surface area contributed by atoms with Crippen LogP contribution in [0.3, 0.4) is 0 Å². The molecule has 0 bridgehead atoms. The molecular weight excluding hydrogens is 335 g/mol. The number of nitrogens with zero attached hydrogens (tertiary/aromatic N) is 3. The van der Waals surface area contributed by atoms with Crippen LogP contribution in [-0.2, 0) is 17.3 Å². The van der Waals surface area contributed by atoms with E-state index < -0.39 is 17.3 Å². The Hall–Kier alpha value is -1.99. The number of ether oxygens (including phenoxy) is 1. The molecule has 1 saturated heterocycles. The van der Waals surface area contributed by atoms with Crippen molar-refractivity contribution in [3.63, 3.8) is 0 Å². The molecule has 0 aliphatic carbocycles. The summed E-state index contributed by atoms with van der Waals surface area (Å²) in [5, 5.41) is 0. The predicted octanol–water partition coefficient (Wildman–Crippen LogP) is 3.47. The molecule has 2 aliphatic rings. The minimum atomic E-state index is -4.38. The van der Waals surface area contributed by atoms with E-state index in [1.165, 1.54) is 6.07 Å². The van der Waals surface area contributed by atoms with E-state index in [1.54, 1.807) is 4.90 Å². The lowest BCUT2D eigenvalue weighted by atomic mass is 9.95. The van der Waals surface area contributed by atoms with Crippen molar-refractivity contribution in [1.82, 2.24) is 9.88 Å². The average molecular weight is 357 g/mol. The van der Waals surface area contributed by atoms with E-state index in [9.17, 15) is 18.0 Å². The zero-order valence-corrected chi connectivity index (χ0v) is 14.6. The highest BCUT2D eigenvalue weighted by Crippen LogP contribution is 2.36. The molecular formula is C17H22F3N3O2. The van der Waals surface area contributed by atoms with E-state index in [-0.39, 0.29) is 12.1 Å². The van der Waals surface area contributed by atoms with Crippen molar-refractivity contribution in [2.75, 3.05) is 24.5 Å². The molecule has 138 valence electrons. The summed E-state index contributed by atoms with van der Waals surface area (Å²) in [7, 11) is 0. The van der Waals surface area contributed by atoms with Crippen LogP contribution in [0.2, 0.25) is 0 Å². The maximum Gasteiger partial charge on any atom is 0.417 e. The summed E-state index contributed by atoms with van der Waals surface area (Å²) in [6, 6.07) is 1.25. The number of anilines is 1. The first-order chi connectivity index (χ1) is 11.5. The summed E-state index contributed by atoms with van der Waals surface area (Å²) in [5.41, 5.74) is -0.642. The van der Waals surface area contributed by atoms with Gasteiger partial charge in [0.15, 0.2) is 0 Å². The minimum Gasteiger partial charge on any atom is -0.444 e. The van der Waals surface area contributed by atoms with Crippen LogP contribution in [-0.4, -0.2) is 47.3 Å². The Balaban J connectivity index is 1.74. The largest absolute Gasteiger partial charge is 0.444 e. The molecule has 1 aromatic heterocycles. The summed E-state index contributed by atoms with van der Waals surface area (Å²) < 4.78 is 44.0. The molecule has 1 atom stereocenters. The smallest absolute Gasteiger partial charge is 0.417 e. The number of hydrogen-bond donors (Lipinski definition) is 0. The van der Waals surface area contributed by atoms with Gasteiger partial charge in [0.25, 0.3) is 0 Å². The minimum absolute atomic E-state index is 0.0537. The molecule has 25 heavy (non-hydrogen) atoms. The number of aryl methyl sites for hydroxylation is 1. The number of alkyl halides is 3. The Bertz CT molecular complexity index is 670. The Labute approximate surface area is 144 Å². The van der Waals surface area contributed by atoms with Gasteiger partial charge in [0, 0.05) is 31.9 Å². The summed E-state index contributed by atoms with van der Waals surface area (Å²) in [5.74, 6) is 0.605. The predicted molar refractivity (Wildman–Crippen MR) is 86.5 cm³/mol. The summed E-state index contributed by atoms with van der Waals surface area (Å²) >= 11 is 0. The fourth-order valence-electron chi connectivity index (χ4n) is 3.30. The second-order valence-corrected chi connectivity index (χ2v) is 7.52. The average Bonchev–Trinajstić information content (AvgIpc) is 2.51. The third kappa shape index (κ3) is 3.82. The van der Waals surface area contributed by atoms with Crippen molar-refractivity contribution < 1.29 is 22.7 Å². The number of amides is 1. The van der Waals surface area contributed by atoms with Gasteiger partial charge in [-0.25, -0.2) is 9.78 Å². The highest BCUT2D eigenvalue weighted by atomic mass is 19.4. The van der Waals surface area contributed by atoms with Crippen molar-refractivity contribution in [2.45, 2.75) is 51.4 Å². The van der Waals surface area contributed by atoms with E-state index in [0.717, 1.165) is 6.20 Å². The van der Waals surface area contributed by atoms with Crippen LogP contribution in [0.4, 0.5) is 23.8 Å². The molecule has 0 aromatic carbocycles. The van der Waals surface area contributed by atoms with Crippen molar-refractivity contribution in [3.05, 3.63) is 23.4 Å². The van der Waals surface area contributed by atoms with Gasteiger partial charge in [-0.05, 0) is 45.2 Å². The molecule has 1 fully saturated rings. The second-order valence-electron chi connectivity index (χ2n) is 7.52. The molecule has 3 rings (SSSR count). The summed E-state index contributed by atoms with van der Waals surface area (Å²) in [6.07, 6.45) is -2.63. The van der Waals surface area contributed by atoms with Gasteiger partial charge in [0.1, 0.15) is 11.4 Å². The van der Waals surface area contributed by atoms with E-state index in [1.807, 2.05) is 25.7 Å². The molecule has 0 spiro atoms. The SMILES string of the molecule is CC(C)(C)OC(=O)N1CCN2c3ncc(C(F)(F)F)cc3CC[C@@H]2C1. The number of carbonyl (C=O) groups excluding carboxylic acids is 1. The van der Waals surface area contributed by atoms with Crippen molar-refractivity contribution in [3.8, 4) is 0 Å². The topological polar surface area (TPSA) is 45.7 Å². The van der Waals surface area contributed by atoms with Crippen LogP contribution in [0.25, 0.3) is 0 Å². The molecule has 0 N–H and O–H groups in total. The Morgan fingerprint density at radius 3 is 2.64 bits per heavy atom. The number of rotatable bonds is 0. The summed E-state index contributed by atoms with van der Waals surface area (Å²) in [6.45, 7) is 6.96. The monoisotopic (exact) mass is 357 g/mol. The lowest BCUT2D eigenvalue weighted by Crippen LogP contribution is -2.57. The molecule has 0 unspecified atom stereocenters. The van der Waals surface area contributed by atoms with Gasteiger partial charge in [0.05, 0.1) is 5.56 Å². The van der Waals surface area contributed by atoms with Crippen LogP contribution >= 0.6 is 0 Å². The Kier molecular flexibility index (Phi) is 4.33. The number of carbonyl (C=O) groups is 1. The lowest BCUT2D eigenvalue weighted by molar-refractivity contribution is -0.137. The number of hydrogen-bond acceptors (Lipinski definition) is 4. The number of aromatic nitrogens is 1. The van der Waals surface area contributed by atoms with Gasteiger partial charge in [-0.2, -0.15) is 13.2 Å². The molecule has 5 nitrogen and oxygen atoms in total. The molecule has 0 radical (unpaired) electrons.